The van der Waals surface area contributed by atoms with E-state index in [1.807, 2.05) is 0 Å². The van der Waals surface area contributed by atoms with Crippen molar-refractivity contribution in [2.75, 3.05) is 13.2 Å². The monoisotopic (exact) mass is 429 g/mol. The van der Waals surface area contributed by atoms with E-state index in [1.165, 1.54) is 18.2 Å². The van der Waals surface area contributed by atoms with Crippen molar-refractivity contribution in [3.63, 3.8) is 0 Å². The molecule has 0 saturated heterocycles. The maximum absolute atomic E-state index is 12.6. The van der Waals surface area contributed by atoms with Crippen molar-refractivity contribution in [2.45, 2.75) is 18.9 Å². The third-order valence-electron chi connectivity index (χ3n) is 5.08. The maximum Gasteiger partial charge on any atom is 0.282 e. The molecule has 2 aromatic rings. The molecule has 1 N–H and O–H groups in total. The molecule has 2 aliphatic rings. The maximum atomic E-state index is 12.6. The molecule has 2 aromatic carbocycles. The summed E-state index contributed by atoms with van der Waals surface area (Å²) in [6, 6.07) is 8.76. The molecule has 0 radical (unpaired) electrons. The van der Waals surface area contributed by atoms with Gasteiger partial charge in [0.1, 0.15) is 11.3 Å². The summed E-state index contributed by atoms with van der Waals surface area (Å²) >= 11 is 6.04. The van der Waals surface area contributed by atoms with Gasteiger partial charge in [0.25, 0.3) is 17.5 Å². The summed E-state index contributed by atoms with van der Waals surface area (Å²) in [6.45, 7) is 0.253. The number of benzene rings is 2. The van der Waals surface area contributed by atoms with Gasteiger partial charge in [-0.1, -0.05) is 17.7 Å². The van der Waals surface area contributed by atoms with E-state index in [2.05, 4.69) is 5.32 Å². The van der Waals surface area contributed by atoms with Gasteiger partial charge in [0.05, 0.1) is 23.1 Å². The lowest BCUT2D eigenvalue weighted by Gasteiger charge is -2.27. The van der Waals surface area contributed by atoms with Crippen molar-refractivity contribution >= 4 is 35.0 Å². The van der Waals surface area contributed by atoms with Gasteiger partial charge >= 0.3 is 0 Å². The molecule has 1 unspecified atom stereocenters. The number of ether oxygens (including phenoxy) is 1. The van der Waals surface area contributed by atoms with E-state index in [4.69, 9.17) is 16.3 Å². The molecule has 3 amide bonds. The number of hydrogen-bond acceptors (Lipinski definition) is 6. The first kappa shape index (κ1) is 19.8. The predicted octanol–water partition coefficient (Wildman–Crippen LogP) is 2.87. The fourth-order valence-corrected chi connectivity index (χ4v) is 3.85. The Bertz CT molecular complexity index is 1090. The molecule has 2 aliphatic heterocycles. The Morgan fingerprint density at radius 1 is 1.27 bits per heavy atom. The molecule has 0 spiro atoms. The number of nitro groups is 1. The molecule has 9 nitrogen and oxygen atoms in total. The van der Waals surface area contributed by atoms with Crippen molar-refractivity contribution in [1.29, 1.82) is 0 Å². The van der Waals surface area contributed by atoms with Gasteiger partial charge in [0.2, 0.25) is 5.91 Å². The summed E-state index contributed by atoms with van der Waals surface area (Å²) in [5, 5.41) is 14.6. The number of nitro benzene ring substituents is 1. The van der Waals surface area contributed by atoms with E-state index < -0.39 is 22.4 Å². The Morgan fingerprint density at radius 3 is 2.83 bits per heavy atom. The Kier molecular flexibility index (Phi) is 5.13. The van der Waals surface area contributed by atoms with Crippen LogP contribution in [0.25, 0.3) is 0 Å². The first-order valence-corrected chi connectivity index (χ1v) is 9.60. The van der Waals surface area contributed by atoms with E-state index in [0.29, 0.717) is 23.8 Å². The van der Waals surface area contributed by atoms with Gasteiger partial charge in [-0.15, -0.1) is 0 Å². The second-order valence-electron chi connectivity index (χ2n) is 6.91. The van der Waals surface area contributed by atoms with Crippen LogP contribution in [0.2, 0.25) is 5.02 Å². The van der Waals surface area contributed by atoms with Crippen molar-refractivity contribution in [3.8, 4) is 5.75 Å². The average molecular weight is 430 g/mol. The number of hydrogen-bond donors (Lipinski definition) is 1. The third-order valence-corrected chi connectivity index (χ3v) is 5.32. The standard InChI is InChI=1S/C20H16ClN3O6/c21-11-4-5-16-13(10-11)14(7-9-30-16)22-17(25)6-8-23-19(26)12-2-1-3-15(24(28)29)18(12)20(23)27/h1-5,10,14H,6-9H2,(H,22,25). The van der Waals surface area contributed by atoms with Crippen LogP contribution in [0.3, 0.4) is 0 Å². The number of imide groups is 1. The van der Waals surface area contributed by atoms with Gasteiger partial charge in [0, 0.05) is 36.0 Å². The Labute approximate surface area is 175 Å². The topological polar surface area (TPSA) is 119 Å². The quantitative estimate of drug-likeness (QED) is 0.443. The molecule has 0 aromatic heterocycles. The second kappa shape index (κ2) is 7.75. The first-order valence-electron chi connectivity index (χ1n) is 9.22. The smallest absolute Gasteiger partial charge is 0.282 e. The van der Waals surface area contributed by atoms with Crippen LogP contribution in [0, 0.1) is 10.1 Å². The first-order chi connectivity index (χ1) is 14.4. The summed E-state index contributed by atoms with van der Waals surface area (Å²) in [6.07, 6.45) is 0.421. The van der Waals surface area contributed by atoms with Gasteiger partial charge in [-0.3, -0.25) is 29.4 Å². The molecule has 4 rings (SSSR count). The molecule has 30 heavy (non-hydrogen) atoms. The number of nitrogens with one attached hydrogen (secondary N) is 1. The minimum absolute atomic E-state index is 0.0254. The molecule has 0 bridgehead atoms. The number of fused-ring (bicyclic) bond motifs is 2. The van der Waals surface area contributed by atoms with Crippen LogP contribution in [0.1, 0.15) is 45.2 Å². The van der Waals surface area contributed by atoms with Crippen molar-refractivity contribution in [2.24, 2.45) is 0 Å². The Morgan fingerprint density at radius 2 is 2.07 bits per heavy atom. The largest absolute Gasteiger partial charge is 0.493 e. The van der Waals surface area contributed by atoms with Gasteiger partial charge in [-0.2, -0.15) is 0 Å². The van der Waals surface area contributed by atoms with Crippen molar-refractivity contribution in [3.05, 3.63) is 68.2 Å². The zero-order valence-electron chi connectivity index (χ0n) is 15.6. The average Bonchev–Trinajstić information content (AvgIpc) is 2.97. The van der Waals surface area contributed by atoms with Crippen LogP contribution in [0.4, 0.5) is 5.69 Å². The minimum Gasteiger partial charge on any atom is -0.493 e. The second-order valence-corrected chi connectivity index (χ2v) is 7.34. The molecule has 10 heteroatoms. The van der Waals surface area contributed by atoms with Crippen LogP contribution in [0.5, 0.6) is 5.75 Å². The highest BCUT2D eigenvalue weighted by Crippen LogP contribution is 2.34. The Hall–Kier alpha value is -3.46. The molecule has 1 atom stereocenters. The highest BCUT2D eigenvalue weighted by Gasteiger charge is 2.40. The lowest BCUT2D eigenvalue weighted by atomic mass is 10.0. The molecular formula is C20H16ClN3O6. The number of carbonyl (C=O) groups is 3. The minimum atomic E-state index is -0.765. The lowest BCUT2D eigenvalue weighted by Crippen LogP contribution is -2.37. The van der Waals surface area contributed by atoms with Crippen molar-refractivity contribution < 1.29 is 24.0 Å². The number of amides is 3. The summed E-state index contributed by atoms with van der Waals surface area (Å²) in [7, 11) is 0. The summed E-state index contributed by atoms with van der Waals surface area (Å²) in [5.74, 6) is -1.13. The van der Waals surface area contributed by atoms with Crippen LogP contribution in [-0.4, -0.2) is 40.7 Å². The zero-order chi connectivity index (χ0) is 21.4. The summed E-state index contributed by atoms with van der Waals surface area (Å²) in [5.41, 5.74) is 0.0791. The predicted molar refractivity (Wildman–Crippen MR) is 106 cm³/mol. The van der Waals surface area contributed by atoms with Gasteiger partial charge in [-0.05, 0) is 24.3 Å². The van der Waals surface area contributed by atoms with Crippen molar-refractivity contribution in [1.82, 2.24) is 10.2 Å². The van der Waals surface area contributed by atoms with E-state index in [1.54, 1.807) is 18.2 Å². The van der Waals surface area contributed by atoms with E-state index in [-0.39, 0.29) is 36.0 Å². The lowest BCUT2D eigenvalue weighted by molar-refractivity contribution is -0.385. The summed E-state index contributed by atoms with van der Waals surface area (Å²) in [4.78, 5) is 48.9. The van der Waals surface area contributed by atoms with E-state index in [9.17, 15) is 24.5 Å². The molecule has 0 aliphatic carbocycles. The number of halogens is 1. The van der Waals surface area contributed by atoms with Crippen LogP contribution in [0.15, 0.2) is 36.4 Å². The van der Waals surface area contributed by atoms with Crippen LogP contribution in [-0.2, 0) is 4.79 Å². The summed E-state index contributed by atoms with van der Waals surface area (Å²) < 4.78 is 5.56. The highest BCUT2D eigenvalue weighted by atomic mass is 35.5. The van der Waals surface area contributed by atoms with Crippen LogP contribution >= 0.6 is 11.6 Å². The molecule has 0 saturated carbocycles. The highest BCUT2D eigenvalue weighted by molar-refractivity contribution is 6.30. The van der Waals surface area contributed by atoms with Gasteiger partial charge in [0.15, 0.2) is 0 Å². The van der Waals surface area contributed by atoms with Crippen LogP contribution < -0.4 is 10.1 Å². The van der Waals surface area contributed by atoms with Gasteiger partial charge < -0.3 is 10.1 Å². The Balaban J connectivity index is 1.44. The van der Waals surface area contributed by atoms with E-state index >= 15 is 0 Å². The fraction of sp³-hybridized carbons (Fsp3) is 0.250. The number of carbonyl (C=O) groups excluding carboxylic acids is 3. The number of nitrogens with zero attached hydrogens (tertiary/aromatic N) is 2. The molecule has 154 valence electrons. The fourth-order valence-electron chi connectivity index (χ4n) is 3.67. The molecule has 0 fully saturated rings. The van der Waals surface area contributed by atoms with E-state index in [0.717, 1.165) is 10.5 Å². The SMILES string of the molecule is O=C(CCN1C(=O)c2cccc([N+](=O)[O-])c2C1=O)NC1CCOc2ccc(Cl)cc21. The molecule has 2 heterocycles. The van der Waals surface area contributed by atoms with Gasteiger partial charge in [-0.25, -0.2) is 0 Å². The molecular weight excluding hydrogens is 414 g/mol. The normalized spacial score (nSPS) is 17.2. The number of rotatable bonds is 5. The zero-order valence-corrected chi connectivity index (χ0v) is 16.3. The third kappa shape index (κ3) is 3.48.